The molecule has 0 fully saturated rings. The molecule has 44 valence electrons. The van der Waals surface area contributed by atoms with Crippen LogP contribution in [0.4, 0.5) is 0 Å². The molecule has 0 unspecified atom stereocenters. The van der Waals surface area contributed by atoms with Crippen molar-refractivity contribution in [1.82, 2.24) is 0 Å². The molecule has 3 nitrogen and oxygen atoms in total. The fraction of sp³-hybridized carbons (Fsp3) is 1.00. The topological polar surface area (TPSA) is 55.5 Å². The van der Waals surface area contributed by atoms with Gasteiger partial charge in [-0.05, 0) is 13.8 Å². The Hall–Kier alpha value is -0.120. The summed E-state index contributed by atoms with van der Waals surface area (Å²) in [6.45, 7) is 3.35. The van der Waals surface area contributed by atoms with Crippen molar-refractivity contribution in [2.75, 3.05) is 6.61 Å². The number of aliphatic hydroxyl groups is 1. The van der Waals surface area contributed by atoms with Crippen LogP contribution in [-0.2, 0) is 4.84 Å². The fourth-order valence-electron chi connectivity index (χ4n) is 0.0373. The second-order valence-electron chi connectivity index (χ2n) is 2.04. The van der Waals surface area contributed by atoms with Crippen LogP contribution in [0.15, 0.2) is 0 Å². The SMILES string of the molecule is CC(C)(CO)ON. The molecule has 3 N–H and O–H groups in total. The summed E-state index contributed by atoms with van der Waals surface area (Å²) in [5.74, 6) is 4.76. The Kier molecular flexibility index (Phi) is 2.22. The molecule has 0 aromatic carbocycles. The summed E-state index contributed by atoms with van der Waals surface area (Å²) in [5, 5.41) is 8.39. The van der Waals surface area contributed by atoms with E-state index < -0.39 is 5.60 Å². The lowest BCUT2D eigenvalue weighted by molar-refractivity contribution is -0.0555. The Balaban J connectivity index is 3.36. The predicted octanol–water partition coefficient (Wildman–Crippen LogP) is -0.352. The van der Waals surface area contributed by atoms with Gasteiger partial charge in [0.25, 0.3) is 0 Å². The minimum absolute atomic E-state index is 0.0521. The predicted molar refractivity (Wildman–Crippen MR) is 26.4 cm³/mol. The third kappa shape index (κ3) is 2.56. The van der Waals surface area contributed by atoms with E-state index in [1.54, 1.807) is 13.8 Å². The quantitative estimate of drug-likeness (QED) is 0.472. The van der Waals surface area contributed by atoms with Gasteiger partial charge in [-0.2, -0.15) is 0 Å². The van der Waals surface area contributed by atoms with E-state index in [2.05, 4.69) is 4.84 Å². The summed E-state index contributed by atoms with van der Waals surface area (Å²) in [4.78, 5) is 4.34. The molecular formula is C4H11NO2. The zero-order valence-electron chi connectivity index (χ0n) is 4.64. The van der Waals surface area contributed by atoms with Gasteiger partial charge in [0.15, 0.2) is 0 Å². The molecule has 0 aliphatic heterocycles. The van der Waals surface area contributed by atoms with Gasteiger partial charge in [0.05, 0.1) is 6.61 Å². The summed E-state index contributed by atoms with van der Waals surface area (Å²) < 4.78 is 0. The Bertz CT molecular complexity index is 47.7. The fourth-order valence-corrected chi connectivity index (χ4v) is 0.0373. The van der Waals surface area contributed by atoms with E-state index in [0.29, 0.717) is 0 Å². The normalized spacial score (nSPS) is 12.0. The van der Waals surface area contributed by atoms with Gasteiger partial charge in [-0.25, -0.2) is 5.90 Å². The van der Waals surface area contributed by atoms with E-state index in [1.165, 1.54) is 0 Å². The number of rotatable bonds is 2. The summed E-state index contributed by atoms with van der Waals surface area (Å²) in [5.41, 5.74) is -0.583. The zero-order valence-corrected chi connectivity index (χ0v) is 4.64. The van der Waals surface area contributed by atoms with Gasteiger partial charge in [-0.1, -0.05) is 0 Å². The van der Waals surface area contributed by atoms with Crippen molar-refractivity contribution in [3.05, 3.63) is 0 Å². The van der Waals surface area contributed by atoms with Gasteiger partial charge >= 0.3 is 0 Å². The Morgan fingerprint density at radius 1 is 1.71 bits per heavy atom. The highest BCUT2D eigenvalue weighted by atomic mass is 16.6. The smallest absolute Gasteiger partial charge is 0.107 e. The number of hydrogen-bond acceptors (Lipinski definition) is 3. The highest BCUT2D eigenvalue weighted by molar-refractivity contribution is 4.62. The van der Waals surface area contributed by atoms with Crippen molar-refractivity contribution < 1.29 is 9.94 Å². The van der Waals surface area contributed by atoms with Crippen LogP contribution in [-0.4, -0.2) is 17.3 Å². The molecule has 3 heteroatoms. The average Bonchev–Trinajstić information content (AvgIpc) is 1.68. The maximum absolute atomic E-state index is 8.39. The average molecular weight is 105 g/mol. The molecule has 0 rings (SSSR count). The van der Waals surface area contributed by atoms with E-state index in [4.69, 9.17) is 11.0 Å². The largest absolute Gasteiger partial charge is 0.393 e. The number of hydrogen-bond donors (Lipinski definition) is 2. The van der Waals surface area contributed by atoms with Gasteiger partial charge in [-0.3, -0.25) is 4.84 Å². The summed E-state index contributed by atoms with van der Waals surface area (Å²) in [7, 11) is 0. The molecule has 0 spiro atoms. The van der Waals surface area contributed by atoms with Gasteiger partial charge in [0.1, 0.15) is 5.60 Å². The Morgan fingerprint density at radius 2 is 2.14 bits per heavy atom. The van der Waals surface area contributed by atoms with Crippen molar-refractivity contribution in [2.45, 2.75) is 19.4 Å². The molecular weight excluding hydrogens is 94.0 g/mol. The molecule has 0 aromatic heterocycles. The zero-order chi connectivity index (χ0) is 5.91. The third-order valence-corrected chi connectivity index (χ3v) is 0.700. The van der Waals surface area contributed by atoms with Crippen LogP contribution in [0.25, 0.3) is 0 Å². The van der Waals surface area contributed by atoms with Crippen LogP contribution in [0.2, 0.25) is 0 Å². The van der Waals surface area contributed by atoms with Crippen LogP contribution >= 0.6 is 0 Å². The molecule has 0 saturated carbocycles. The first kappa shape index (κ1) is 6.88. The minimum atomic E-state index is -0.583. The van der Waals surface area contributed by atoms with Gasteiger partial charge in [-0.15, -0.1) is 0 Å². The van der Waals surface area contributed by atoms with Gasteiger partial charge < -0.3 is 5.11 Å². The first-order valence-corrected chi connectivity index (χ1v) is 2.11. The minimum Gasteiger partial charge on any atom is -0.393 e. The Labute approximate surface area is 43.0 Å². The van der Waals surface area contributed by atoms with Crippen LogP contribution in [0.5, 0.6) is 0 Å². The van der Waals surface area contributed by atoms with Crippen molar-refractivity contribution in [3.8, 4) is 0 Å². The van der Waals surface area contributed by atoms with Crippen molar-refractivity contribution in [3.63, 3.8) is 0 Å². The summed E-state index contributed by atoms with van der Waals surface area (Å²) in [6.07, 6.45) is 0. The maximum Gasteiger partial charge on any atom is 0.107 e. The van der Waals surface area contributed by atoms with Crippen LogP contribution < -0.4 is 5.90 Å². The third-order valence-electron chi connectivity index (χ3n) is 0.700. The molecule has 0 atom stereocenters. The molecule has 0 radical (unpaired) electrons. The Morgan fingerprint density at radius 3 is 2.14 bits per heavy atom. The highest BCUT2D eigenvalue weighted by Crippen LogP contribution is 2.01. The summed E-state index contributed by atoms with van der Waals surface area (Å²) in [6, 6.07) is 0. The van der Waals surface area contributed by atoms with Gasteiger partial charge in [0, 0.05) is 0 Å². The number of nitrogens with two attached hydrogens (primary N) is 1. The molecule has 0 aromatic rings. The van der Waals surface area contributed by atoms with Crippen LogP contribution in [0, 0.1) is 0 Å². The highest BCUT2D eigenvalue weighted by Gasteiger charge is 2.13. The second kappa shape index (κ2) is 2.26. The second-order valence-corrected chi connectivity index (χ2v) is 2.04. The van der Waals surface area contributed by atoms with Crippen molar-refractivity contribution in [2.24, 2.45) is 5.90 Å². The summed E-state index contributed by atoms with van der Waals surface area (Å²) >= 11 is 0. The first-order chi connectivity index (χ1) is 3.12. The van der Waals surface area contributed by atoms with E-state index >= 15 is 0 Å². The maximum atomic E-state index is 8.39. The van der Waals surface area contributed by atoms with Crippen molar-refractivity contribution >= 4 is 0 Å². The first-order valence-electron chi connectivity index (χ1n) is 2.11. The van der Waals surface area contributed by atoms with E-state index in [9.17, 15) is 0 Å². The lowest BCUT2D eigenvalue weighted by Gasteiger charge is -2.16. The van der Waals surface area contributed by atoms with E-state index in [-0.39, 0.29) is 6.61 Å². The molecule has 0 heterocycles. The van der Waals surface area contributed by atoms with E-state index in [1.807, 2.05) is 0 Å². The van der Waals surface area contributed by atoms with E-state index in [0.717, 1.165) is 0 Å². The van der Waals surface area contributed by atoms with Gasteiger partial charge in [0.2, 0.25) is 0 Å². The lowest BCUT2D eigenvalue weighted by atomic mass is 10.2. The molecule has 0 saturated heterocycles. The van der Waals surface area contributed by atoms with Crippen LogP contribution in [0.3, 0.4) is 0 Å². The molecule has 0 bridgehead atoms. The molecule has 7 heavy (non-hydrogen) atoms. The molecule has 0 aliphatic carbocycles. The monoisotopic (exact) mass is 105 g/mol. The van der Waals surface area contributed by atoms with Crippen LogP contribution in [0.1, 0.15) is 13.8 Å². The lowest BCUT2D eigenvalue weighted by Crippen LogP contribution is -2.31. The van der Waals surface area contributed by atoms with Crippen molar-refractivity contribution in [1.29, 1.82) is 0 Å². The molecule has 0 amide bonds. The standard InChI is InChI=1S/C4H11NO2/c1-4(2,3-6)7-5/h6H,3,5H2,1-2H3. The molecule has 0 aliphatic rings. The number of aliphatic hydroxyl groups excluding tert-OH is 1.